The third-order valence-electron chi connectivity index (χ3n) is 2.86. The first-order valence-corrected chi connectivity index (χ1v) is 4.76. The van der Waals surface area contributed by atoms with E-state index >= 15 is 0 Å². The lowest BCUT2D eigenvalue weighted by molar-refractivity contribution is 0.343. The number of fused-ring (bicyclic) bond motifs is 1. The second kappa shape index (κ2) is 2.26. The van der Waals surface area contributed by atoms with E-state index in [1.165, 1.54) is 0 Å². The van der Waals surface area contributed by atoms with Crippen LogP contribution in [0.4, 0.5) is 0 Å². The predicted molar refractivity (Wildman–Crippen MR) is 48.5 cm³/mol. The lowest BCUT2D eigenvalue weighted by Gasteiger charge is -2.05. The Labute approximate surface area is 76.1 Å². The van der Waals surface area contributed by atoms with Crippen molar-refractivity contribution in [3.05, 3.63) is 21.6 Å². The Morgan fingerprint density at radius 2 is 2.15 bits per heavy atom. The van der Waals surface area contributed by atoms with Crippen LogP contribution in [-0.2, 0) is 13.1 Å². The van der Waals surface area contributed by atoms with Gasteiger partial charge in [-0.1, -0.05) is 0 Å². The Hall–Kier alpha value is -1.03. The molecule has 1 aromatic rings. The molecule has 0 atom stereocenters. The van der Waals surface area contributed by atoms with Crippen molar-refractivity contribution in [2.75, 3.05) is 7.05 Å². The standard InChI is InChI=1S/C9H13N3O/c1-11-4-7-8(5-11)10-12(9(7)13)6-2-3-6/h6,10H,2-5H2,1H3. The van der Waals surface area contributed by atoms with Crippen LogP contribution in [0.2, 0.25) is 0 Å². The summed E-state index contributed by atoms with van der Waals surface area (Å²) in [4.78, 5) is 13.9. The summed E-state index contributed by atoms with van der Waals surface area (Å²) in [5, 5.41) is 3.22. The molecule has 4 heteroatoms. The third kappa shape index (κ3) is 0.983. The van der Waals surface area contributed by atoms with E-state index in [1.54, 1.807) is 0 Å². The van der Waals surface area contributed by atoms with E-state index < -0.39 is 0 Å². The highest BCUT2D eigenvalue weighted by molar-refractivity contribution is 5.22. The molecular weight excluding hydrogens is 166 g/mol. The Balaban J connectivity index is 2.09. The van der Waals surface area contributed by atoms with Crippen molar-refractivity contribution in [1.29, 1.82) is 0 Å². The molecule has 0 amide bonds. The van der Waals surface area contributed by atoms with Crippen LogP contribution in [0, 0.1) is 0 Å². The molecule has 4 nitrogen and oxygen atoms in total. The van der Waals surface area contributed by atoms with Crippen molar-refractivity contribution < 1.29 is 0 Å². The van der Waals surface area contributed by atoms with Gasteiger partial charge in [-0.15, -0.1) is 0 Å². The smallest absolute Gasteiger partial charge is 0.271 e. The first-order valence-electron chi connectivity index (χ1n) is 4.76. The van der Waals surface area contributed by atoms with Crippen LogP contribution in [0.15, 0.2) is 4.79 Å². The normalized spacial score (nSPS) is 22.2. The van der Waals surface area contributed by atoms with Crippen LogP contribution in [0.5, 0.6) is 0 Å². The van der Waals surface area contributed by atoms with Crippen LogP contribution in [0.3, 0.4) is 0 Å². The number of H-pyrrole nitrogens is 1. The van der Waals surface area contributed by atoms with Crippen LogP contribution in [0.1, 0.15) is 30.1 Å². The maximum atomic E-state index is 11.8. The molecule has 1 aliphatic heterocycles. The Kier molecular flexibility index (Phi) is 1.28. The lowest BCUT2D eigenvalue weighted by Crippen LogP contribution is -2.21. The fraction of sp³-hybridized carbons (Fsp3) is 0.667. The van der Waals surface area contributed by atoms with E-state index in [-0.39, 0.29) is 5.56 Å². The van der Waals surface area contributed by atoms with E-state index in [9.17, 15) is 4.79 Å². The van der Waals surface area contributed by atoms with Gasteiger partial charge in [0.1, 0.15) is 0 Å². The van der Waals surface area contributed by atoms with Crippen molar-refractivity contribution in [1.82, 2.24) is 14.7 Å². The van der Waals surface area contributed by atoms with Crippen molar-refractivity contribution in [2.24, 2.45) is 0 Å². The molecule has 0 bridgehead atoms. The van der Waals surface area contributed by atoms with Crippen molar-refractivity contribution in [2.45, 2.75) is 32.0 Å². The minimum atomic E-state index is 0.210. The fourth-order valence-electron chi connectivity index (χ4n) is 2.02. The zero-order valence-corrected chi connectivity index (χ0v) is 7.71. The van der Waals surface area contributed by atoms with Gasteiger partial charge in [-0.05, 0) is 19.9 Å². The third-order valence-corrected chi connectivity index (χ3v) is 2.86. The van der Waals surface area contributed by atoms with Crippen LogP contribution >= 0.6 is 0 Å². The Morgan fingerprint density at radius 1 is 1.38 bits per heavy atom. The van der Waals surface area contributed by atoms with Gasteiger partial charge in [-0.25, -0.2) is 4.68 Å². The largest absolute Gasteiger partial charge is 0.298 e. The van der Waals surface area contributed by atoms with E-state index in [0.29, 0.717) is 6.04 Å². The second-order valence-electron chi connectivity index (χ2n) is 4.15. The van der Waals surface area contributed by atoms with Gasteiger partial charge in [0.2, 0.25) is 0 Å². The maximum absolute atomic E-state index is 11.8. The summed E-state index contributed by atoms with van der Waals surface area (Å²) < 4.78 is 1.82. The molecule has 0 spiro atoms. The Morgan fingerprint density at radius 3 is 2.77 bits per heavy atom. The molecule has 3 rings (SSSR count). The second-order valence-corrected chi connectivity index (χ2v) is 4.15. The summed E-state index contributed by atoms with van der Waals surface area (Å²) in [7, 11) is 2.04. The Bertz CT molecular complexity index is 399. The molecular formula is C9H13N3O. The summed E-state index contributed by atoms with van der Waals surface area (Å²) >= 11 is 0. The molecule has 0 aromatic carbocycles. The molecule has 0 saturated heterocycles. The number of hydrogen-bond acceptors (Lipinski definition) is 2. The van der Waals surface area contributed by atoms with E-state index in [1.807, 2.05) is 11.7 Å². The van der Waals surface area contributed by atoms with Gasteiger partial charge in [0.25, 0.3) is 5.56 Å². The fourth-order valence-corrected chi connectivity index (χ4v) is 2.02. The number of aromatic amines is 1. The van der Waals surface area contributed by atoms with Gasteiger partial charge in [0, 0.05) is 13.1 Å². The minimum absolute atomic E-state index is 0.210. The summed E-state index contributed by atoms with van der Waals surface area (Å²) in [6, 6.07) is 0.475. The van der Waals surface area contributed by atoms with Gasteiger partial charge < -0.3 is 0 Å². The molecule has 13 heavy (non-hydrogen) atoms. The zero-order valence-electron chi connectivity index (χ0n) is 7.71. The highest BCUT2D eigenvalue weighted by atomic mass is 16.1. The van der Waals surface area contributed by atoms with E-state index in [2.05, 4.69) is 10.00 Å². The van der Waals surface area contributed by atoms with Crippen molar-refractivity contribution in [3.63, 3.8) is 0 Å². The van der Waals surface area contributed by atoms with Crippen molar-refractivity contribution in [3.8, 4) is 0 Å². The minimum Gasteiger partial charge on any atom is -0.298 e. The zero-order chi connectivity index (χ0) is 9.00. The summed E-state index contributed by atoms with van der Waals surface area (Å²) in [6.07, 6.45) is 2.32. The van der Waals surface area contributed by atoms with Gasteiger partial charge >= 0.3 is 0 Å². The highest BCUT2D eigenvalue weighted by Gasteiger charge is 2.30. The van der Waals surface area contributed by atoms with Gasteiger partial charge in [0.15, 0.2) is 0 Å². The van der Waals surface area contributed by atoms with Crippen LogP contribution in [-0.4, -0.2) is 21.7 Å². The molecule has 1 N–H and O–H groups in total. The summed E-state index contributed by atoms with van der Waals surface area (Å²) in [6.45, 7) is 1.70. The number of aromatic nitrogens is 2. The highest BCUT2D eigenvalue weighted by Crippen LogP contribution is 2.33. The van der Waals surface area contributed by atoms with Crippen LogP contribution in [0.25, 0.3) is 0 Å². The van der Waals surface area contributed by atoms with E-state index in [4.69, 9.17) is 0 Å². The quantitative estimate of drug-likeness (QED) is 0.680. The molecule has 1 aliphatic carbocycles. The van der Waals surface area contributed by atoms with Crippen LogP contribution < -0.4 is 5.56 Å². The number of nitrogens with one attached hydrogen (secondary N) is 1. The van der Waals surface area contributed by atoms with Crippen molar-refractivity contribution >= 4 is 0 Å². The first kappa shape index (κ1) is 7.38. The maximum Gasteiger partial charge on any atom is 0.271 e. The van der Waals surface area contributed by atoms with Gasteiger partial charge in [-0.2, -0.15) is 0 Å². The molecule has 70 valence electrons. The number of hydrogen-bond donors (Lipinski definition) is 1. The molecule has 1 fully saturated rings. The topological polar surface area (TPSA) is 41.0 Å². The van der Waals surface area contributed by atoms with E-state index in [0.717, 1.165) is 37.2 Å². The molecule has 2 aliphatic rings. The summed E-state index contributed by atoms with van der Waals surface area (Å²) in [5.41, 5.74) is 2.32. The molecule has 2 heterocycles. The molecule has 0 unspecified atom stereocenters. The first-order chi connectivity index (χ1) is 6.25. The van der Waals surface area contributed by atoms with Gasteiger partial charge in [-0.3, -0.25) is 14.8 Å². The number of rotatable bonds is 1. The lowest BCUT2D eigenvalue weighted by atomic mass is 10.3. The number of nitrogens with zero attached hydrogens (tertiary/aromatic N) is 2. The molecule has 1 saturated carbocycles. The summed E-state index contributed by atoms with van der Waals surface area (Å²) in [5.74, 6) is 0. The van der Waals surface area contributed by atoms with Gasteiger partial charge in [0.05, 0.1) is 17.3 Å². The average molecular weight is 179 g/mol. The SMILES string of the molecule is CN1Cc2[nH]n(C3CC3)c(=O)c2C1. The predicted octanol–water partition coefficient (Wildman–Crippen LogP) is 0.457. The molecule has 0 radical (unpaired) electrons. The molecule has 1 aromatic heterocycles. The monoisotopic (exact) mass is 179 g/mol. The average Bonchev–Trinajstić information content (AvgIpc) is 2.79.